The Morgan fingerprint density at radius 1 is 1.31 bits per heavy atom. The van der Waals surface area contributed by atoms with Crippen molar-refractivity contribution in [2.75, 3.05) is 0 Å². The molecule has 16 heavy (non-hydrogen) atoms. The Morgan fingerprint density at radius 3 is 2.69 bits per heavy atom. The highest BCUT2D eigenvalue weighted by Crippen LogP contribution is 2.10. The van der Waals surface area contributed by atoms with E-state index in [1.807, 2.05) is 13.8 Å². The highest BCUT2D eigenvalue weighted by Gasteiger charge is 2.13. The van der Waals surface area contributed by atoms with Crippen LogP contribution in [0.5, 0.6) is 0 Å². The zero-order valence-electron chi connectivity index (χ0n) is 9.47. The van der Waals surface area contributed by atoms with Crippen LogP contribution >= 0.6 is 0 Å². The van der Waals surface area contributed by atoms with Crippen molar-refractivity contribution in [1.29, 1.82) is 0 Å². The van der Waals surface area contributed by atoms with Crippen LogP contribution in [0.3, 0.4) is 0 Å². The predicted molar refractivity (Wildman–Crippen MR) is 58.1 cm³/mol. The van der Waals surface area contributed by atoms with Gasteiger partial charge in [0.15, 0.2) is 5.82 Å². The summed E-state index contributed by atoms with van der Waals surface area (Å²) in [6.07, 6.45) is 3.12. The van der Waals surface area contributed by atoms with E-state index in [-0.39, 0.29) is 0 Å². The average molecular weight is 221 g/mol. The molecule has 0 bridgehead atoms. The lowest BCUT2D eigenvalue weighted by Crippen LogP contribution is -2.03. The molecule has 0 unspecified atom stereocenters. The molecule has 6 heteroatoms. The lowest BCUT2D eigenvalue weighted by molar-refractivity contribution is 0.500. The van der Waals surface area contributed by atoms with Crippen molar-refractivity contribution >= 4 is 0 Å². The monoisotopic (exact) mass is 221 g/mol. The molecule has 0 saturated carbocycles. The summed E-state index contributed by atoms with van der Waals surface area (Å²) >= 11 is 0. The van der Waals surface area contributed by atoms with Gasteiger partial charge in [0.05, 0.1) is 5.69 Å². The van der Waals surface area contributed by atoms with Crippen molar-refractivity contribution in [3.05, 3.63) is 23.6 Å². The van der Waals surface area contributed by atoms with Crippen LogP contribution < -0.4 is 5.73 Å². The molecule has 0 aliphatic heterocycles. The molecule has 0 radical (unpaired) electrons. The summed E-state index contributed by atoms with van der Waals surface area (Å²) in [5, 5.41) is 4.33. The zero-order valence-corrected chi connectivity index (χ0v) is 9.47. The van der Waals surface area contributed by atoms with E-state index in [0.717, 1.165) is 24.5 Å². The van der Waals surface area contributed by atoms with E-state index in [9.17, 15) is 0 Å². The van der Waals surface area contributed by atoms with Gasteiger partial charge in [-0.25, -0.2) is 4.98 Å². The third kappa shape index (κ3) is 1.83. The normalized spacial score (nSPS) is 10.9. The molecule has 0 atom stereocenters. The molecule has 0 fully saturated rings. The summed E-state index contributed by atoms with van der Waals surface area (Å²) in [4.78, 5) is 8.60. The highest BCUT2D eigenvalue weighted by molar-refractivity contribution is 5.12. The maximum atomic E-state index is 5.48. The molecule has 6 nitrogen and oxygen atoms in total. The molecule has 2 rings (SSSR count). The van der Waals surface area contributed by atoms with Crippen LogP contribution in [0.15, 0.2) is 10.7 Å². The van der Waals surface area contributed by atoms with E-state index >= 15 is 0 Å². The van der Waals surface area contributed by atoms with Gasteiger partial charge in [-0.05, 0) is 0 Å². The van der Waals surface area contributed by atoms with Crippen molar-refractivity contribution in [2.45, 2.75) is 33.2 Å². The lowest BCUT2D eigenvalue weighted by atomic mass is 10.4. The molecule has 2 N–H and O–H groups in total. The van der Waals surface area contributed by atoms with E-state index in [1.54, 1.807) is 10.9 Å². The fourth-order valence-electron chi connectivity index (χ4n) is 1.41. The summed E-state index contributed by atoms with van der Waals surface area (Å²) in [5.74, 6) is 1.65. The summed E-state index contributed by atoms with van der Waals surface area (Å²) in [5.41, 5.74) is 6.19. The third-order valence-corrected chi connectivity index (χ3v) is 2.28. The van der Waals surface area contributed by atoms with Gasteiger partial charge in [-0.1, -0.05) is 13.8 Å². The first-order chi connectivity index (χ1) is 7.78. The molecule has 0 saturated heterocycles. The van der Waals surface area contributed by atoms with Crippen molar-refractivity contribution in [2.24, 2.45) is 5.73 Å². The van der Waals surface area contributed by atoms with Gasteiger partial charge in [0.2, 0.25) is 0 Å². The number of hydrogen-bond donors (Lipinski definition) is 1. The van der Waals surface area contributed by atoms with Gasteiger partial charge in [-0.3, -0.25) is 0 Å². The predicted octanol–water partition coefficient (Wildman–Crippen LogP) is 0.839. The van der Waals surface area contributed by atoms with E-state index in [4.69, 9.17) is 10.2 Å². The Hall–Kier alpha value is -1.69. The number of rotatable bonds is 4. The zero-order chi connectivity index (χ0) is 11.5. The molecule has 0 aromatic carbocycles. The molecule has 86 valence electrons. The molecule has 0 amide bonds. The fraction of sp³-hybridized carbons (Fsp3) is 0.500. The Bertz CT molecular complexity index is 473. The fourth-order valence-corrected chi connectivity index (χ4v) is 1.41. The molecule has 0 aliphatic carbocycles. The van der Waals surface area contributed by atoms with Crippen LogP contribution in [0.25, 0.3) is 6.01 Å². The first-order valence-corrected chi connectivity index (χ1v) is 5.38. The Morgan fingerprint density at radius 2 is 2.12 bits per heavy atom. The number of nitrogens with zero attached hydrogens (tertiary/aromatic N) is 4. The second kappa shape index (κ2) is 4.44. The molecule has 2 aromatic rings. The second-order valence-corrected chi connectivity index (χ2v) is 3.39. The standard InChI is InChI=1S/C10H15N5O/c1-3-8-13-9(4-2)15(14-8)10-12-7(5-11)6-16-10/h6H,3-5,11H2,1-2H3. The molecular formula is C10H15N5O. The molecule has 0 aliphatic rings. The van der Waals surface area contributed by atoms with E-state index in [1.165, 1.54) is 0 Å². The number of hydrogen-bond acceptors (Lipinski definition) is 5. The second-order valence-electron chi connectivity index (χ2n) is 3.39. The minimum atomic E-state index is 0.361. The van der Waals surface area contributed by atoms with Crippen LogP contribution in [0.1, 0.15) is 31.2 Å². The van der Waals surface area contributed by atoms with Crippen LogP contribution in [-0.2, 0) is 19.4 Å². The van der Waals surface area contributed by atoms with Crippen molar-refractivity contribution in [1.82, 2.24) is 19.7 Å². The van der Waals surface area contributed by atoms with E-state index < -0.39 is 0 Å². The number of oxazole rings is 1. The van der Waals surface area contributed by atoms with Gasteiger partial charge in [0, 0.05) is 19.4 Å². The van der Waals surface area contributed by atoms with Crippen LogP contribution in [-0.4, -0.2) is 19.7 Å². The quantitative estimate of drug-likeness (QED) is 0.827. The van der Waals surface area contributed by atoms with Crippen LogP contribution in [0.4, 0.5) is 0 Å². The maximum Gasteiger partial charge on any atom is 0.324 e. The number of nitrogens with two attached hydrogens (primary N) is 1. The summed E-state index contributed by atoms with van der Waals surface area (Å²) in [6.45, 7) is 4.40. The van der Waals surface area contributed by atoms with Crippen molar-refractivity contribution < 1.29 is 4.42 Å². The molecular weight excluding hydrogens is 206 g/mol. The molecule has 2 aromatic heterocycles. The smallest absolute Gasteiger partial charge is 0.324 e. The van der Waals surface area contributed by atoms with Crippen molar-refractivity contribution in [3.8, 4) is 6.01 Å². The van der Waals surface area contributed by atoms with Crippen LogP contribution in [0.2, 0.25) is 0 Å². The molecule has 0 spiro atoms. The minimum Gasteiger partial charge on any atom is -0.430 e. The summed E-state index contributed by atoms with van der Waals surface area (Å²) < 4.78 is 6.95. The van der Waals surface area contributed by atoms with Gasteiger partial charge >= 0.3 is 6.01 Å². The molecule has 2 heterocycles. The van der Waals surface area contributed by atoms with Crippen LogP contribution in [0, 0.1) is 0 Å². The van der Waals surface area contributed by atoms with Crippen molar-refractivity contribution in [3.63, 3.8) is 0 Å². The van der Waals surface area contributed by atoms with Gasteiger partial charge in [-0.2, -0.15) is 9.67 Å². The Balaban J connectivity index is 2.41. The third-order valence-electron chi connectivity index (χ3n) is 2.28. The van der Waals surface area contributed by atoms with Gasteiger partial charge in [0.1, 0.15) is 12.1 Å². The summed E-state index contributed by atoms with van der Waals surface area (Å²) in [7, 11) is 0. The topological polar surface area (TPSA) is 82.8 Å². The van der Waals surface area contributed by atoms with E-state index in [2.05, 4.69) is 15.1 Å². The number of aryl methyl sites for hydroxylation is 2. The van der Waals surface area contributed by atoms with E-state index in [0.29, 0.717) is 18.3 Å². The average Bonchev–Trinajstić information content (AvgIpc) is 2.94. The number of aromatic nitrogens is 4. The Kier molecular flexibility index (Phi) is 3.00. The Labute approximate surface area is 93.5 Å². The van der Waals surface area contributed by atoms with Gasteiger partial charge in [0.25, 0.3) is 0 Å². The minimum absolute atomic E-state index is 0.361. The SMILES string of the molecule is CCc1nc(CC)n(-c2nc(CN)co2)n1. The lowest BCUT2D eigenvalue weighted by Gasteiger charge is -1.96. The van der Waals surface area contributed by atoms with Gasteiger partial charge < -0.3 is 10.2 Å². The first-order valence-electron chi connectivity index (χ1n) is 5.38. The largest absolute Gasteiger partial charge is 0.430 e. The first kappa shape index (κ1) is 10.8. The highest BCUT2D eigenvalue weighted by atomic mass is 16.4. The maximum absolute atomic E-state index is 5.48. The van der Waals surface area contributed by atoms with Gasteiger partial charge in [-0.15, -0.1) is 5.10 Å². The summed E-state index contributed by atoms with van der Waals surface area (Å²) in [6, 6.07) is 0.435.